The Balaban J connectivity index is 2.05. The zero-order valence-electron chi connectivity index (χ0n) is 28.0. The Labute approximate surface area is 265 Å². The molecule has 0 aliphatic heterocycles. The van der Waals surface area contributed by atoms with E-state index >= 15 is 0 Å². The van der Waals surface area contributed by atoms with Crippen molar-refractivity contribution < 1.29 is 24.9 Å². The lowest BCUT2D eigenvalue weighted by atomic mass is 10.1. The van der Waals surface area contributed by atoms with Gasteiger partial charge in [0.25, 0.3) is 11.8 Å². The molecule has 0 radical (unpaired) electrons. The van der Waals surface area contributed by atoms with Crippen molar-refractivity contribution >= 4 is 11.9 Å². The number of aromatic nitrogens is 4. The molecule has 0 spiro atoms. The summed E-state index contributed by atoms with van der Waals surface area (Å²) in [5, 5.41) is 30.0. The van der Waals surface area contributed by atoms with Crippen LogP contribution in [0.1, 0.15) is 120 Å². The van der Waals surface area contributed by atoms with Gasteiger partial charge >= 0.3 is 0 Å². The average Bonchev–Trinajstić information content (AvgIpc) is 3.01. The summed E-state index contributed by atoms with van der Waals surface area (Å²) in [5.74, 6) is 1.84. The topological polar surface area (TPSA) is 137 Å². The minimum atomic E-state index is 0.136. The Hall–Kier alpha value is -2.92. The molecular formula is C33H58N6O5. The molecule has 2 aromatic heterocycles. The first-order valence-electron chi connectivity index (χ1n) is 16.6. The largest absolute Gasteiger partial charge is 0.504 e. The summed E-state index contributed by atoms with van der Waals surface area (Å²) >= 11 is 0. The molecule has 0 saturated carbocycles. The summed E-state index contributed by atoms with van der Waals surface area (Å²) in [5.41, 5.74) is 1.89. The van der Waals surface area contributed by atoms with E-state index in [1.807, 2.05) is 19.0 Å². The highest BCUT2D eigenvalue weighted by Gasteiger charge is 2.22. The SMILES string of the molecule is COc1nc(N(C)C)nc(CCCCCCCCCCO)c1ON(C)c1nc(C)c(O)c(CCCCCCCCCCO)n1. The molecule has 0 bridgehead atoms. The highest BCUT2D eigenvalue weighted by atomic mass is 16.7. The first-order chi connectivity index (χ1) is 21.3. The zero-order valence-corrected chi connectivity index (χ0v) is 28.0. The predicted molar refractivity (Wildman–Crippen MR) is 176 cm³/mol. The van der Waals surface area contributed by atoms with Gasteiger partial charge in [-0.25, -0.2) is 15.0 Å². The second-order valence-electron chi connectivity index (χ2n) is 11.8. The van der Waals surface area contributed by atoms with Gasteiger partial charge in [0, 0.05) is 34.4 Å². The van der Waals surface area contributed by atoms with E-state index in [0.717, 1.165) is 76.3 Å². The highest BCUT2D eigenvalue weighted by molar-refractivity contribution is 5.46. The third-order valence-corrected chi connectivity index (χ3v) is 7.76. The lowest BCUT2D eigenvalue weighted by molar-refractivity contribution is 0.266. The number of anilines is 2. The number of methoxy groups -OCH3 is 1. The third kappa shape index (κ3) is 13.4. The molecule has 250 valence electrons. The number of aromatic hydroxyl groups is 1. The molecule has 2 heterocycles. The summed E-state index contributed by atoms with van der Waals surface area (Å²) < 4.78 is 5.65. The Morgan fingerprint density at radius 1 is 0.591 bits per heavy atom. The zero-order chi connectivity index (χ0) is 32.2. The van der Waals surface area contributed by atoms with Crippen LogP contribution in [0.5, 0.6) is 17.4 Å². The molecule has 2 aromatic rings. The molecule has 11 nitrogen and oxygen atoms in total. The summed E-state index contributed by atoms with van der Waals surface area (Å²) in [4.78, 5) is 26.7. The Morgan fingerprint density at radius 3 is 1.52 bits per heavy atom. The Bertz CT molecular complexity index is 1070. The molecule has 44 heavy (non-hydrogen) atoms. The van der Waals surface area contributed by atoms with E-state index in [0.29, 0.717) is 41.3 Å². The van der Waals surface area contributed by atoms with E-state index in [4.69, 9.17) is 24.8 Å². The number of ether oxygens (including phenoxy) is 1. The molecule has 11 heteroatoms. The minimum Gasteiger partial charge on any atom is -0.504 e. The van der Waals surface area contributed by atoms with Crippen LogP contribution >= 0.6 is 0 Å². The van der Waals surface area contributed by atoms with Gasteiger partial charge in [-0.2, -0.15) is 10.0 Å². The van der Waals surface area contributed by atoms with Crippen molar-refractivity contribution in [1.29, 1.82) is 0 Å². The number of nitrogens with zero attached hydrogens (tertiary/aromatic N) is 6. The number of hydroxylamine groups is 1. The van der Waals surface area contributed by atoms with Crippen molar-refractivity contribution in [2.45, 2.75) is 122 Å². The van der Waals surface area contributed by atoms with Gasteiger partial charge in [-0.15, -0.1) is 0 Å². The van der Waals surface area contributed by atoms with Crippen LogP contribution in [-0.4, -0.2) is 76.7 Å². The number of rotatable bonds is 25. The van der Waals surface area contributed by atoms with Crippen LogP contribution in [0.25, 0.3) is 0 Å². The van der Waals surface area contributed by atoms with Crippen molar-refractivity contribution in [2.24, 2.45) is 0 Å². The predicted octanol–water partition coefficient (Wildman–Crippen LogP) is 6.10. The Kier molecular flexibility index (Phi) is 18.4. The van der Waals surface area contributed by atoms with Crippen molar-refractivity contribution in [3.8, 4) is 17.4 Å². The highest BCUT2D eigenvalue weighted by Crippen LogP contribution is 2.33. The number of aliphatic hydroxyl groups excluding tert-OH is 2. The molecular weight excluding hydrogens is 560 g/mol. The van der Waals surface area contributed by atoms with Gasteiger partial charge < -0.3 is 29.8 Å². The fraction of sp³-hybridized carbons (Fsp3) is 0.758. The molecule has 0 unspecified atom stereocenters. The first-order valence-corrected chi connectivity index (χ1v) is 16.6. The average molecular weight is 619 g/mol. The van der Waals surface area contributed by atoms with Crippen LogP contribution < -0.4 is 19.5 Å². The molecule has 0 aromatic carbocycles. The maximum absolute atomic E-state index is 10.7. The van der Waals surface area contributed by atoms with E-state index in [-0.39, 0.29) is 19.0 Å². The summed E-state index contributed by atoms with van der Waals surface area (Å²) in [6, 6.07) is 0. The first kappa shape index (κ1) is 37.3. The van der Waals surface area contributed by atoms with Crippen LogP contribution in [0.3, 0.4) is 0 Å². The molecule has 0 amide bonds. The molecule has 0 atom stereocenters. The van der Waals surface area contributed by atoms with Gasteiger partial charge in [0.2, 0.25) is 11.7 Å². The van der Waals surface area contributed by atoms with Gasteiger partial charge in [-0.3, -0.25) is 0 Å². The number of aryl methyl sites for hydroxylation is 3. The number of hydrogen-bond donors (Lipinski definition) is 3. The lowest BCUT2D eigenvalue weighted by Gasteiger charge is -2.22. The number of unbranched alkanes of at least 4 members (excludes halogenated alkanes) is 14. The van der Waals surface area contributed by atoms with Crippen LogP contribution in [0.15, 0.2) is 0 Å². The van der Waals surface area contributed by atoms with Crippen molar-refractivity contribution in [3.63, 3.8) is 0 Å². The molecule has 0 aliphatic rings. The van der Waals surface area contributed by atoms with E-state index in [2.05, 4.69) is 15.0 Å². The third-order valence-electron chi connectivity index (χ3n) is 7.76. The standard InChI is InChI=1S/C33H58N6O5/c1-26-29(42)27(22-18-14-10-6-8-12-16-20-24-40)35-33(34-26)39(4)44-30-28(36-32(38(2)3)37-31(30)43-5)23-19-15-11-7-9-13-17-21-25-41/h40-42H,6-25H2,1-5H3. The summed E-state index contributed by atoms with van der Waals surface area (Å²) in [7, 11) is 7.11. The van der Waals surface area contributed by atoms with Gasteiger partial charge in [0.15, 0.2) is 5.75 Å². The molecule has 0 saturated heterocycles. The van der Waals surface area contributed by atoms with Crippen LogP contribution in [0.4, 0.5) is 11.9 Å². The quantitative estimate of drug-likeness (QED) is 0.0879. The monoisotopic (exact) mass is 618 g/mol. The lowest BCUT2D eigenvalue weighted by Crippen LogP contribution is -2.26. The van der Waals surface area contributed by atoms with Crippen molar-refractivity contribution in [1.82, 2.24) is 19.9 Å². The Morgan fingerprint density at radius 2 is 1.05 bits per heavy atom. The maximum Gasteiger partial charge on any atom is 0.265 e. The second-order valence-corrected chi connectivity index (χ2v) is 11.8. The number of aliphatic hydroxyl groups is 2. The van der Waals surface area contributed by atoms with Gasteiger partial charge in [0.05, 0.1) is 24.2 Å². The summed E-state index contributed by atoms with van der Waals surface area (Å²) in [6.07, 6.45) is 18.8. The molecule has 2 rings (SSSR count). The van der Waals surface area contributed by atoms with E-state index in [1.165, 1.54) is 43.6 Å². The van der Waals surface area contributed by atoms with E-state index in [9.17, 15) is 5.11 Å². The van der Waals surface area contributed by atoms with Crippen LogP contribution in [0, 0.1) is 6.92 Å². The van der Waals surface area contributed by atoms with E-state index < -0.39 is 0 Å². The molecule has 0 aliphatic carbocycles. The molecule has 0 fully saturated rings. The van der Waals surface area contributed by atoms with Crippen molar-refractivity contribution in [3.05, 3.63) is 17.1 Å². The fourth-order valence-electron chi connectivity index (χ4n) is 5.09. The van der Waals surface area contributed by atoms with E-state index in [1.54, 1.807) is 21.1 Å². The van der Waals surface area contributed by atoms with Gasteiger partial charge in [0.1, 0.15) is 0 Å². The molecule has 3 N–H and O–H groups in total. The number of hydrogen-bond acceptors (Lipinski definition) is 11. The smallest absolute Gasteiger partial charge is 0.265 e. The minimum absolute atomic E-state index is 0.136. The maximum atomic E-state index is 10.7. The van der Waals surface area contributed by atoms with Gasteiger partial charge in [-0.05, 0) is 45.4 Å². The van der Waals surface area contributed by atoms with Crippen LogP contribution in [0.2, 0.25) is 0 Å². The van der Waals surface area contributed by atoms with Gasteiger partial charge in [-0.1, -0.05) is 77.0 Å². The fourth-order valence-corrected chi connectivity index (χ4v) is 5.09. The second kappa shape index (κ2) is 21.7. The van der Waals surface area contributed by atoms with Crippen molar-refractivity contribution in [2.75, 3.05) is 51.4 Å². The normalized spacial score (nSPS) is 11.2. The van der Waals surface area contributed by atoms with Crippen LogP contribution in [-0.2, 0) is 12.8 Å². The summed E-state index contributed by atoms with van der Waals surface area (Å²) in [6.45, 7) is 2.34.